The molecule has 1 aliphatic heterocycles. The standard InChI is InChI=1S/C19H22N2O3/c1-13-5-4-6-15(9-13)19(23)21-8-7-16(12-21)24-17-10-14(2)20(3)18(22)11-17/h4-6,9-11,16H,7-8,12H2,1-3H3. The molecule has 0 N–H and O–H groups in total. The maximum absolute atomic E-state index is 12.6. The van der Waals surface area contributed by atoms with Crippen LogP contribution in [0.3, 0.4) is 0 Å². The van der Waals surface area contributed by atoms with Crippen molar-refractivity contribution in [3.63, 3.8) is 0 Å². The number of likely N-dealkylation sites (tertiary alicyclic amines) is 1. The first kappa shape index (κ1) is 16.3. The fourth-order valence-electron chi connectivity index (χ4n) is 2.97. The molecule has 0 radical (unpaired) electrons. The minimum Gasteiger partial charge on any atom is -0.488 e. The lowest BCUT2D eigenvalue weighted by Crippen LogP contribution is -2.31. The van der Waals surface area contributed by atoms with Gasteiger partial charge < -0.3 is 14.2 Å². The van der Waals surface area contributed by atoms with Crippen molar-refractivity contribution in [3.8, 4) is 5.75 Å². The fraction of sp³-hybridized carbons (Fsp3) is 0.368. The molecule has 0 bridgehead atoms. The summed E-state index contributed by atoms with van der Waals surface area (Å²) in [5.74, 6) is 0.607. The van der Waals surface area contributed by atoms with Crippen LogP contribution in [0.4, 0.5) is 0 Å². The van der Waals surface area contributed by atoms with Crippen LogP contribution in [0.15, 0.2) is 41.2 Å². The Balaban J connectivity index is 1.67. The molecule has 1 aliphatic rings. The number of hydrogen-bond acceptors (Lipinski definition) is 3. The number of rotatable bonds is 3. The Bertz CT molecular complexity index is 826. The summed E-state index contributed by atoms with van der Waals surface area (Å²) in [6, 6.07) is 11.0. The number of benzene rings is 1. The van der Waals surface area contributed by atoms with E-state index < -0.39 is 0 Å². The second kappa shape index (κ2) is 6.51. The van der Waals surface area contributed by atoms with Crippen molar-refractivity contribution in [2.24, 2.45) is 7.05 Å². The Morgan fingerprint density at radius 3 is 2.71 bits per heavy atom. The van der Waals surface area contributed by atoms with Gasteiger partial charge in [-0.15, -0.1) is 0 Å². The average molecular weight is 326 g/mol. The SMILES string of the molecule is Cc1cccc(C(=O)N2CCC(Oc3cc(C)n(C)c(=O)c3)C2)c1. The molecule has 2 aromatic rings. The van der Waals surface area contributed by atoms with Gasteiger partial charge in [0.1, 0.15) is 11.9 Å². The number of amides is 1. The molecule has 3 rings (SSSR count). The molecule has 126 valence electrons. The lowest BCUT2D eigenvalue weighted by molar-refractivity contribution is 0.0772. The number of carbonyl (C=O) groups excluding carboxylic acids is 1. The summed E-state index contributed by atoms with van der Waals surface area (Å²) in [4.78, 5) is 26.2. The molecule has 1 aromatic carbocycles. The van der Waals surface area contributed by atoms with Gasteiger partial charge in [-0.05, 0) is 32.0 Å². The van der Waals surface area contributed by atoms with Gasteiger partial charge in [0.15, 0.2) is 0 Å². The van der Waals surface area contributed by atoms with Gasteiger partial charge in [-0.2, -0.15) is 0 Å². The van der Waals surface area contributed by atoms with Gasteiger partial charge in [-0.25, -0.2) is 0 Å². The molecule has 24 heavy (non-hydrogen) atoms. The van der Waals surface area contributed by atoms with E-state index in [1.54, 1.807) is 11.6 Å². The van der Waals surface area contributed by atoms with Crippen LogP contribution in [0.5, 0.6) is 5.75 Å². The highest BCUT2D eigenvalue weighted by Crippen LogP contribution is 2.20. The van der Waals surface area contributed by atoms with Gasteiger partial charge in [0.05, 0.1) is 6.54 Å². The van der Waals surface area contributed by atoms with E-state index in [1.165, 1.54) is 6.07 Å². The number of hydrogen-bond donors (Lipinski definition) is 0. The molecule has 1 amide bonds. The molecular formula is C19H22N2O3. The van der Waals surface area contributed by atoms with Crippen molar-refractivity contribution in [2.75, 3.05) is 13.1 Å². The maximum atomic E-state index is 12.6. The molecule has 5 heteroatoms. The first-order valence-corrected chi connectivity index (χ1v) is 8.14. The molecule has 5 nitrogen and oxygen atoms in total. The monoisotopic (exact) mass is 326 g/mol. The number of carbonyl (C=O) groups is 1. The highest BCUT2D eigenvalue weighted by molar-refractivity contribution is 5.94. The van der Waals surface area contributed by atoms with Crippen molar-refractivity contribution in [2.45, 2.75) is 26.4 Å². The molecule has 0 spiro atoms. The van der Waals surface area contributed by atoms with E-state index in [4.69, 9.17) is 4.74 Å². The summed E-state index contributed by atoms with van der Waals surface area (Å²) in [5, 5.41) is 0. The van der Waals surface area contributed by atoms with E-state index in [-0.39, 0.29) is 17.6 Å². The predicted molar refractivity (Wildman–Crippen MR) is 92.5 cm³/mol. The van der Waals surface area contributed by atoms with Gasteiger partial charge in [-0.3, -0.25) is 9.59 Å². The highest BCUT2D eigenvalue weighted by atomic mass is 16.5. The predicted octanol–water partition coefficient (Wildman–Crippen LogP) is 2.30. The molecule has 1 fully saturated rings. The molecule has 1 unspecified atom stereocenters. The zero-order valence-electron chi connectivity index (χ0n) is 14.3. The van der Waals surface area contributed by atoms with E-state index in [0.717, 1.165) is 17.7 Å². The summed E-state index contributed by atoms with van der Waals surface area (Å²) < 4.78 is 7.50. The molecule has 2 heterocycles. The maximum Gasteiger partial charge on any atom is 0.254 e. The van der Waals surface area contributed by atoms with Crippen LogP contribution in [0.1, 0.15) is 28.0 Å². The second-order valence-corrected chi connectivity index (χ2v) is 6.38. The van der Waals surface area contributed by atoms with Crippen molar-refractivity contribution >= 4 is 5.91 Å². The lowest BCUT2D eigenvalue weighted by Gasteiger charge is -2.18. The van der Waals surface area contributed by atoms with Gasteiger partial charge >= 0.3 is 0 Å². The van der Waals surface area contributed by atoms with Gasteiger partial charge in [0, 0.05) is 37.3 Å². The van der Waals surface area contributed by atoms with Crippen molar-refractivity contribution in [1.82, 2.24) is 9.47 Å². The van der Waals surface area contributed by atoms with Gasteiger partial charge in [0.2, 0.25) is 0 Å². The third-order valence-electron chi connectivity index (χ3n) is 4.48. The number of pyridine rings is 1. The molecule has 1 atom stereocenters. The average Bonchev–Trinajstić information content (AvgIpc) is 3.00. The van der Waals surface area contributed by atoms with Gasteiger partial charge in [-0.1, -0.05) is 17.7 Å². The number of ether oxygens (including phenoxy) is 1. The van der Waals surface area contributed by atoms with E-state index in [0.29, 0.717) is 24.4 Å². The van der Waals surface area contributed by atoms with E-state index in [1.807, 2.05) is 49.1 Å². The Morgan fingerprint density at radius 1 is 1.21 bits per heavy atom. The smallest absolute Gasteiger partial charge is 0.254 e. The minimum atomic E-state index is -0.0873. The van der Waals surface area contributed by atoms with Crippen LogP contribution in [0, 0.1) is 13.8 Å². The Kier molecular flexibility index (Phi) is 4.42. The van der Waals surface area contributed by atoms with E-state index >= 15 is 0 Å². The fourth-order valence-corrected chi connectivity index (χ4v) is 2.97. The zero-order valence-corrected chi connectivity index (χ0v) is 14.3. The molecule has 1 aromatic heterocycles. The molecule has 1 saturated heterocycles. The first-order chi connectivity index (χ1) is 11.4. The van der Waals surface area contributed by atoms with E-state index in [2.05, 4.69) is 0 Å². The topological polar surface area (TPSA) is 51.5 Å². The van der Waals surface area contributed by atoms with Crippen LogP contribution >= 0.6 is 0 Å². The Labute approximate surface area is 141 Å². The minimum absolute atomic E-state index is 0.0324. The molecule has 0 saturated carbocycles. The summed E-state index contributed by atoms with van der Waals surface area (Å²) in [6.45, 7) is 5.06. The summed E-state index contributed by atoms with van der Waals surface area (Å²) >= 11 is 0. The third kappa shape index (κ3) is 3.35. The third-order valence-corrected chi connectivity index (χ3v) is 4.48. The summed E-state index contributed by atoms with van der Waals surface area (Å²) in [7, 11) is 1.74. The zero-order chi connectivity index (χ0) is 17.3. The lowest BCUT2D eigenvalue weighted by atomic mass is 10.1. The Hall–Kier alpha value is -2.56. The normalized spacial score (nSPS) is 17.1. The number of aryl methyl sites for hydroxylation is 2. The van der Waals surface area contributed by atoms with Crippen molar-refractivity contribution in [1.29, 1.82) is 0 Å². The van der Waals surface area contributed by atoms with Crippen LogP contribution in [-0.4, -0.2) is 34.6 Å². The summed E-state index contributed by atoms with van der Waals surface area (Å²) in [6.07, 6.45) is 0.691. The summed E-state index contributed by atoms with van der Waals surface area (Å²) in [5.41, 5.74) is 2.54. The number of aromatic nitrogens is 1. The molecule has 0 aliphatic carbocycles. The highest BCUT2D eigenvalue weighted by Gasteiger charge is 2.28. The van der Waals surface area contributed by atoms with Crippen molar-refractivity contribution in [3.05, 3.63) is 63.6 Å². The number of nitrogens with zero attached hydrogens (tertiary/aromatic N) is 2. The van der Waals surface area contributed by atoms with Crippen LogP contribution < -0.4 is 10.3 Å². The quantitative estimate of drug-likeness (QED) is 0.869. The second-order valence-electron chi connectivity index (χ2n) is 6.38. The first-order valence-electron chi connectivity index (χ1n) is 8.14. The van der Waals surface area contributed by atoms with Gasteiger partial charge in [0.25, 0.3) is 11.5 Å². The van der Waals surface area contributed by atoms with Crippen LogP contribution in [0.25, 0.3) is 0 Å². The van der Waals surface area contributed by atoms with Crippen LogP contribution in [0.2, 0.25) is 0 Å². The molecular weight excluding hydrogens is 304 g/mol. The van der Waals surface area contributed by atoms with Crippen LogP contribution in [-0.2, 0) is 7.05 Å². The Morgan fingerprint density at radius 2 is 2.00 bits per heavy atom. The van der Waals surface area contributed by atoms with Crippen molar-refractivity contribution < 1.29 is 9.53 Å². The van der Waals surface area contributed by atoms with E-state index in [9.17, 15) is 9.59 Å². The largest absolute Gasteiger partial charge is 0.488 e.